The highest BCUT2D eigenvalue weighted by Gasteiger charge is 2.31. The van der Waals surface area contributed by atoms with Crippen LogP contribution in [0.25, 0.3) is 0 Å². The predicted octanol–water partition coefficient (Wildman–Crippen LogP) is 3.70. The summed E-state index contributed by atoms with van der Waals surface area (Å²) in [7, 11) is -3.55. The third-order valence-electron chi connectivity index (χ3n) is 4.20. The van der Waals surface area contributed by atoms with Crippen molar-refractivity contribution in [1.29, 1.82) is 0 Å². The number of hydrogen-bond donors (Lipinski definition) is 0. The molecule has 1 saturated heterocycles. The van der Waals surface area contributed by atoms with E-state index < -0.39 is 15.6 Å². The van der Waals surface area contributed by atoms with Gasteiger partial charge >= 0.3 is 0 Å². The zero-order valence-electron chi connectivity index (χ0n) is 13.3. The molecule has 0 unspecified atom stereocenters. The summed E-state index contributed by atoms with van der Waals surface area (Å²) in [5.41, 5.74) is 0.534. The summed E-state index contributed by atoms with van der Waals surface area (Å²) in [6.07, 6.45) is 2.91. The van der Waals surface area contributed by atoms with E-state index in [-0.39, 0.29) is 23.7 Å². The molecule has 0 aromatic heterocycles. The van der Waals surface area contributed by atoms with Crippen LogP contribution in [0.5, 0.6) is 0 Å². The standard InChI is InChI=1S/C16H21Cl2NO3S/c1-11-4-3-5-12(2)19(11)16(20)10-23(21,22)9-13-6-7-14(17)15(18)8-13/h6-8,11-12H,3-5,9-10H2,1-2H3/t11-,12-/m1/s1. The first-order chi connectivity index (χ1) is 10.7. The quantitative estimate of drug-likeness (QED) is 0.803. The summed E-state index contributed by atoms with van der Waals surface area (Å²) >= 11 is 11.7. The van der Waals surface area contributed by atoms with Crippen molar-refractivity contribution in [1.82, 2.24) is 4.90 Å². The fraction of sp³-hybridized carbons (Fsp3) is 0.562. The van der Waals surface area contributed by atoms with Gasteiger partial charge in [-0.2, -0.15) is 0 Å². The highest BCUT2D eigenvalue weighted by Crippen LogP contribution is 2.25. The minimum atomic E-state index is -3.55. The van der Waals surface area contributed by atoms with Crippen LogP contribution in [0.4, 0.5) is 0 Å². The molecule has 7 heteroatoms. The van der Waals surface area contributed by atoms with Crippen LogP contribution < -0.4 is 0 Å². The lowest BCUT2D eigenvalue weighted by Crippen LogP contribution is -2.49. The van der Waals surface area contributed by atoms with Gasteiger partial charge in [0.2, 0.25) is 5.91 Å². The average molecular weight is 378 g/mol. The van der Waals surface area contributed by atoms with E-state index in [0.717, 1.165) is 19.3 Å². The van der Waals surface area contributed by atoms with Gasteiger partial charge in [0, 0.05) is 12.1 Å². The number of hydrogen-bond acceptors (Lipinski definition) is 3. The van der Waals surface area contributed by atoms with E-state index in [2.05, 4.69) is 0 Å². The number of piperidine rings is 1. The normalized spacial score (nSPS) is 22.2. The van der Waals surface area contributed by atoms with Gasteiger partial charge in [0.1, 0.15) is 5.75 Å². The van der Waals surface area contributed by atoms with Crippen LogP contribution >= 0.6 is 23.2 Å². The average Bonchev–Trinajstić information content (AvgIpc) is 2.41. The first kappa shape index (κ1) is 18.6. The Morgan fingerprint density at radius 3 is 2.35 bits per heavy atom. The van der Waals surface area contributed by atoms with E-state index in [9.17, 15) is 13.2 Å². The number of benzene rings is 1. The molecule has 1 aromatic carbocycles. The Balaban J connectivity index is 2.08. The molecule has 0 spiro atoms. The van der Waals surface area contributed by atoms with Crippen LogP contribution in [-0.4, -0.2) is 37.1 Å². The molecule has 1 amide bonds. The zero-order chi connectivity index (χ0) is 17.2. The van der Waals surface area contributed by atoms with E-state index in [1.807, 2.05) is 13.8 Å². The number of sulfone groups is 1. The molecule has 4 nitrogen and oxygen atoms in total. The molecule has 0 bridgehead atoms. The highest BCUT2D eigenvalue weighted by atomic mass is 35.5. The number of carbonyl (C=O) groups excluding carboxylic acids is 1. The number of nitrogens with zero attached hydrogens (tertiary/aromatic N) is 1. The largest absolute Gasteiger partial charge is 0.336 e. The van der Waals surface area contributed by atoms with Crippen molar-refractivity contribution in [3.05, 3.63) is 33.8 Å². The van der Waals surface area contributed by atoms with Gasteiger partial charge in [-0.3, -0.25) is 4.79 Å². The number of likely N-dealkylation sites (tertiary alicyclic amines) is 1. The van der Waals surface area contributed by atoms with E-state index in [4.69, 9.17) is 23.2 Å². The second-order valence-corrected chi connectivity index (χ2v) is 9.09. The van der Waals surface area contributed by atoms with Crippen molar-refractivity contribution in [2.24, 2.45) is 0 Å². The Morgan fingerprint density at radius 2 is 1.78 bits per heavy atom. The predicted molar refractivity (Wildman–Crippen MR) is 93.6 cm³/mol. The van der Waals surface area contributed by atoms with Crippen LogP contribution in [-0.2, 0) is 20.4 Å². The monoisotopic (exact) mass is 377 g/mol. The lowest BCUT2D eigenvalue weighted by Gasteiger charge is -2.39. The summed E-state index contributed by atoms with van der Waals surface area (Å²) < 4.78 is 24.7. The smallest absolute Gasteiger partial charge is 0.238 e. The third-order valence-corrected chi connectivity index (χ3v) is 6.39. The minimum absolute atomic E-state index is 0.0893. The lowest BCUT2D eigenvalue weighted by atomic mass is 9.98. The third kappa shape index (κ3) is 4.85. The van der Waals surface area contributed by atoms with Crippen molar-refractivity contribution in [2.45, 2.75) is 50.9 Å². The number of rotatable bonds is 4. The molecule has 23 heavy (non-hydrogen) atoms. The lowest BCUT2D eigenvalue weighted by molar-refractivity contribution is -0.134. The van der Waals surface area contributed by atoms with Gasteiger partial charge < -0.3 is 4.90 Å². The second kappa shape index (κ2) is 7.41. The van der Waals surface area contributed by atoms with Crippen LogP contribution in [0.3, 0.4) is 0 Å². The van der Waals surface area contributed by atoms with Gasteiger partial charge in [0.25, 0.3) is 0 Å². The van der Waals surface area contributed by atoms with E-state index in [0.29, 0.717) is 15.6 Å². The Hall–Kier alpha value is -0.780. The van der Waals surface area contributed by atoms with Crippen LogP contribution in [0.1, 0.15) is 38.7 Å². The molecule has 0 radical (unpaired) electrons. The molecule has 1 aromatic rings. The van der Waals surface area contributed by atoms with E-state index >= 15 is 0 Å². The summed E-state index contributed by atoms with van der Waals surface area (Å²) in [4.78, 5) is 14.2. The molecule has 1 aliphatic heterocycles. The maximum atomic E-state index is 12.4. The van der Waals surface area contributed by atoms with Gasteiger partial charge in [-0.15, -0.1) is 0 Å². The molecule has 0 aliphatic carbocycles. The van der Waals surface area contributed by atoms with Crippen molar-refractivity contribution >= 4 is 38.9 Å². The second-order valence-electron chi connectivity index (χ2n) is 6.21. The Kier molecular flexibility index (Phi) is 5.98. The Morgan fingerprint density at radius 1 is 1.17 bits per heavy atom. The van der Waals surface area contributed by atoms with Gasteiger partial charge in [0.15, 0.2) is 9.84 Å². The zero-order valence-corrected chi connectivity index (χ0v) is 15.6. The fourth-order valence-electron chi connectivity index (χ4n) is 3.11. The fourth-order valence-corrected chi connectivity index (χ4v) is 4.75. The van der Waals surface area contributed by atoms with Gasteiger partial charge in [-0.05, 0) is 50.8 Å². The first-order valence-corrected chi connectivity index (χ1v) is 10.2. The maximum Gasteiger partial charge on any atom is 0.238 e. The van der Waals surface area contributed by atoms with E-state index in [1.165, 1.54) is 6.07 Å². The molecule has 1 heterocycles. The summed E-state index contributed by atoms with van der Waals surface area (Å²) in [6.45, 7) is 3.94. The van der Waals surface area contributed by atoms with Crippen molar-refractivity contribution in [3.63, 3.8) is 0 Å². The van der Waals surface area contributed by atoms with Crippen molar-refractivity contribution in [3.8, 4) is 0 Å². The molecular formula is C16H21Cl2NO3S. The summed E-state index contributed by atoms with van der Waals surface area (Å²) in [5, 5.41) is 0.684. The van der Waals surface area contributed by atoms with Crippen LogP contribution in [0, 0.1) is 0 Å². The van der Waals surface area contributed by atoms with E-state index in [1.54, 1.807) is 17.0 Å². The summed E-state index contributed by atoms with van der Waals surface area (Å²) in [6, 6.07) is 4.88. The molecule has 0 N–H and O–H groups in total. The topological polar surface area (TPSA) is 54.5 Å². The molecule has 0 saturated carbocycles. The van der Waals surface area contributed by atoms with Crippen molar-refractivity contribution in [2.75, 3.05) is 5.75 Å². The molecular weight excluding hydrogens is 357 g/mol. The van der Waals surface area contributed by atoms with Crippen LogP contribution in [0.2, 0.25) is 10.0 Å². The summed E-state index contributed by atoms with van der Waals surface area (Å²) in [5.74, 6) is -1.00. The van der Waals surface area contributed by atoms with Gasteiger partial charge in [-0.1, -0.05) is 29.3 Å². The Labute approximate surface area is 147 Å². The van der Waals surface area contributed by atoms with Crippen LogP contribution in [0.15, 0.2) is 18.2 Å². The molecule has 2 atom stereocenters. The van der Waals surface area contributed by atoms with Crippen molar-refractivity contribution < 1.29 is 13.2 Å². The molecule has 1 aliphatic rings. The number of carbonyl (C=O) groups is 1. The van der Waals surface area contributed by atoms with Gasteiger partial charge in [-0.25, -0.2) is 8.42 Å². The Bertz CT molecular complexity index is 681. The molecule has 2 rings (SSSR count). The number of halogens is 2. The van der Waals surface area contributed by atoms with Gasteiger partial charge in [0.05, 0.1) is 15.8 Å². The SMILES string of the molecule is C[C@@H]1CCC[C@@H](C)N1C(=O)CS(=O)(=O)Cc1ccc(Cl)c(Cl)c1. The maximum absolute atomic E-state index is 12.4. The highest BCUT2D eigenvalue weighted by molar-refractivity contribution is 7.91. The first-order valence-electron chi connectivity index (χ1n) is 7.65. The minimum Gasteiger partial charge on any atom is -0.336 e. The molecule has 128 valence electrons. The molecule has 1 fully saturated rings. The number of amides is 1.